The van der Waals surface area contributed by atoms with Gasteiger partial charge in [-0.05, 0) is 23.6 Å². The summed E-state index contributed by atoms with van der Waals surface area (Å²) in [4.78, 5) is 27.6. The summed E-state index contributed by atoms with van der Waals surface area (Å²) in [5, 5.41) is 4.85. The minimum Gasteiger partial charge on any atom is -0.454 e. The molecule has 1 N–H and O–H groups in total. The van der Waals surface area contributed by atoms with Crippen molar-refractivity contribution in [2.45, 2.75) is 12.5 Å². The molecule has 3 heterocycles. The molecule has 1 fully saturated rings. The number of rotatable bonds is 3. The molecule has 2 aromatic rings. The van der Waals surface area contributed by atoms with Crippen LogP contribution in [-0.2, 0) is 9.59 Å². The van der Waals surface area contributed by atoms with Crippen molar-refractivity contribution in [2.24, 2.45) is 5.92 Å². The molecule has 124 valence electrons. The average molecular weight is 344 g/mol. The van der Waals surface area contributed by atoms with Crippen LogP contribution < -0.4 is 14.8 Å². The summed E-state index contributed by atoms with van der Waals surface area (Å²) in [6.45, 7) is 0.190. The van der Waals surface area contributed by atoms with Gasteiger partial charge >= 0.3 is 0 Å². The fourth-order valence-electron chi connectivity index (χ4n) is 3.16. The summed E-state index contributed by atoms with van der Waals surface area (Å²) in [5.41, 5.74) is 0.635. The molecular weight excluding hydrogens is 328 g/mol. The first-order chi connectivity index (χ1) is 11.6. The molecule has 0 unspecified atom stereocenters. The van der Waals surface area contributed by atoms with Crippen LogP contribution in [-0.4, -0.2) is 30.6 Å². The highest BCUT2D eigenvalue weighted by Crippen LogP contribution is 2.40. The zero-order chi connectivity index (χ0) is 16.7. The number of ether oxygens (including phenoxy) is 2. The first-order valence-corrected chi connectivity index (χ1v) is 8.51. The Morgan fingerprint density at radius 3 is 2.92 bits per heavy atom. The van der Waals surface area contributed by atoms with E-state index in [1.807, 2.05) is 17.5 Å². The Hall–Kier alpha value is -2.54. The van der Waals surface area contributed by atoms with Crippen molar-refractivity contribution in [2.75, 3.05) is 19.2 Å². The number of fused-ring (bicyclic) bond motifs is 1. The zero-order valence-corrected chi connectivity index (χ0v) is 13.8. The minimum atomic E-state index is -0.411. The summed E-state index contributed by atoms with van der Waals surface area (Å²) >= 11 is 1.56. The van der Waals surface area contributed by atoms with Crippen LogP contribution >= 0.6 is 11.3 Å². The van der Waals surface area contributed by atoms with Crippen LogP contribution in [0.3, 0.4) is 0 Å². The number of benzene rings is 1. The van der Waals surface area contributed by atoms with Crippen LogP contribution in [0.15, 0.2) is 35.7 Å². The van der Waals surface area contributed by atoms with Crippen LogP contribution in [0, 0.1) is 5.92 Å². The molecule has 24 heavy (non-hydrogen) atoms. The van der Waals surface area contributed by atoms with Crippen molar-refractivity contribution in [3.05, 3.63) is 40.6 Å². The van der Waals surface area contributed by atoms with E-state index in [1.165, 1.54) is 0 Å². The number of carbonyl (C=O) groups excluding carboxylic acids is 2. The molecule has 2 atom stereocenters. The standard InChI is InChI=1S/C17H16N2O4S/c1-19-15(20)8-11(16(19)14-3-2-6-24-14)17(21)18-10-4-5-12-13(7-10)23-9-22-12/h2-7,11,16H,8-9H2,1H3,(H,18,21)/t11-,16+/m0/s1. The fourth-order valence-corrected chi connectivity index (χ4v) is 4.10. The van der Waals surface area contributed by atoms with Gasteiger partial charge in [0.2, 0.25) is 18.6 Å². The molecule has 0 saturated carbocycles. The number of likely N-dealkylation sites (tertiary alicyclic amines) is 1. The number of nitrogens with zero attached hydrogens (tertiary/aromatic N) is 1. The monoisotopic (exact) mass is 344 g/mol. The van der Waals surface area contributed by atoms with E-state index in [9.17, 15) is 9.59 Å². The third-order valence-electron chi connectivity index (χ3n) is 4.40. The molecule has 0 bridgehead atoms. The SMILES string of the molecule is CN1C(=O)C[C@H](C(=O)Nc2ccc3c(c2)OCO3)[C@@H]1c1cccs1. The predicted octanol–water partition coefficient (Wildman–Crippen LogP) is 2.63. The van der Waals surface area contributed by atoms with Crippen LogP contribution in [0.1, 0.15) is 17.3 Å². The topological polar surface area (TPSA) is 67.9 Å². The Morgan fingerprint density at radius 1 is 1.29 bits per heavy atom. The Bertz CT molecular complexity index is 790. The molecule has 1 aromatic carbocycles. The lowest BCUT2D eigenvalue weighted by Crippen LogP contribution is -2.29. The molecule has 6 nitrogen and oxygen atoms in total. The first kappa shape index (κ1) is 15.0. The number of amides is 2. The normalized spacial score (nSPS) is 22.0. The predicted molar refractivity (Wildman–Crippen MR) is 89.1 cm³/mol. The average Bonchev–Trinajstić information content (AvgIpc) is 3.28. The lowest BCUT2D eigenvalue weighted by molar-refractivity contribution is -0.127. The van der Waals surface area contributed by atoms with Gasteiger partial charge in [0, 0.05) is 30.1 Å². The van der Waals surface area contributed by atoms with Crippen LogP contribution in [0.5, 0.6) is 11.5 Å². The van der Waals surface area contributed by atoms with Crippen LogP contribution in [0.25, 0.3) is 0 Å². The number of carbonyl (C=O) groups is 2. The van der Waals surface area contributed by atoms with E-state index in [1.54, 1.807) is 41.5 Å². The maximum atomic E-state index is 12.8. The Balaban J connectivity index is 1.56. The quantitative estimate of drug-likeness (QED) is 0.929. The summed E-state index contributed by atoms with van der Waals surface area (Å²) in [7, 11) is 1.75. The summed E-state index contributed by atoms with van der Waals surface area (Å²) in [5.74, 6) is 0.693. The van der Waals surface area contributed by atoms with Gasteiger partial charge in [-0.1, -0.05) is 6.07 Å². The van der Waals surface area contributed by atoms with Crippen molar-refractivity contribution < 1.29 is 19.1 Å². The summed E-state index contributed by atoms with van der Waals surface area (Å²) in [6, 6.07) is 8.95. The molecule has 0 aliphatic carbocycles. The molecule has 1 aromatic heterocycles. The highest BCUT2D eigenvalue weighted by atomic mass is 32.1. The van der Waals surface area contributed by atoms with E-state index in [4.69, 9.17) is 9.47 Å². The van der Waals surface area contributed by atoms with Gasteiger partial charge in [0.25, 0.3) is 0 Å². The van der Waals surface area contributed by atoms with Crippen molar-refractivity contribution in [3.8, 4) is 11.5 Å². The molecule has 2 aliphatic heterocycles. The molecule has 0 spiro atoms. The Labute approximate surface area is 143 Å². The second kappa shape index (κ2) is 5.83. The highest BCUT2D eigenvalue weighted by Gasteiger charge is 2.43. The second-order valence-electron chi connectivity index (χ2n) is 5.83. The van der Waals surface area contributed by atoms with Gasteiger partial charge < -0.3 is 19.7 Å². The van der Waals surface area contributed by atoms with Gasteiger partial charge in [0.1, 0.15) is 0 Å². The molecule has 0 radical (unpaired) electrons. The van der Waals surface area contributed by atoms with Gasteiger partial charge in [-0.3, -0.25) is 9.59 Å². The number of hydrogen-bond acceptors (Lipinski definition) is 5. The van der Waals surface area contributed by atoms with Crippen molar-refractivity contribution in [1.82, 2.24) is 4.90 Å². The summed E-state index contributed by atoms with van der Waals surface area (Å²) < 4.78 is 10.6. The third kappa shape index (κ3) is 2.50. The van der Waals surface area contributed by atoms with E-state index in [0.29, 0.717) is 17.2 Å². The van der Waals surface area contributed by atoms with E-state index < -0.39 is 5.92 Å². The first-order valence-electron chi connectivity index (χ1n) is 7.63. The van der Waals surface area contributed by atoms with E-state index >= 15 is 0 Å². The molecule has 7 heteroatoms. The maximum absolute atomic E-state index is 12.8. The maximum Gasteiger partial charge on any atom is 0.231 e. The molecule has 2 aliphatic rings. The van der Waals surface area contributed by atoms with Gasteiger partial charge in [0.05, 0.1) is 12.0 Å². The lowest BCUT2D eigenvalue weighted by atomic mass is 9.98. The van der Waals surface area contributed by atoms with Gasteiger partial charge in [-0.2, -0.15) is 0 Å². The third-order valence-corrected chi connectivity index (χ3v) is 5.34. The van der Waals surface area contributed by atoms with E-state index in [2.05, 4.69) is 5.32 Å². The molecule has 4 rings (SSSR count). The largest absolute Gasteiger partial charge is 0.454 e. The van der Waals surface area contributed by atoms with Crippen LogP contribution in [0.2, 0.25) is 0 Å². The van der Waals surface area contributed by atoms with E-state index in [0.717, 1.165) is 4.88 Å². The summed E-state index contributed by atoms with van der Waals surface area (Å²) in [6.07, 6.45) is 0.218. The van der Waals surface area contributed by atoms with Gasteiger partial charge in [0.15, 0.2) is 11.5 Å². The number of nitrogens with one attached hydrogen (secondary N) is 1. The van der Waals surface area contributed by atoms with Gasteiger partial charge in [-0.25, -0.2) is 0 Å². The van der Waals surface area contributed by atoms with Crippen LogP contribution in [0.4, 0.5) is 5.69 Å². The minimum absolute atomic E-state index is 0.0146. The second-order valence-corrected chi connectivity index (χ2v) is 6.81. The van der Waals surface area contributed by atoms with Crippen molar-refractivity contribution in [3.63, 3.8) is 0 Å². The smallest absolute Gasteiger partial charge is 0.231 e. The molecule has 1 saturated heterocycles. The Morgan fingerprint density at radius 2 is 2.12 bits per heavy atom. The number of hydrogen-bond donors (Lipinski definition) is 1. The molecule has 2 amide bonds. The number of anilines is 1. The van der Waals surface area contributed by atoms with Gasteiger partial charge in [-0.15, -0.1) is 11.3 Å². The van der Waals surface area contributed by atoms with Crippen molar-refractivity contribution in [1.29, 1.82) is 0 Å². The Kier molecular flexibility index (Phi) is 3.65. The van der Waals surface area contributed by atoms with Crippen molar-refractivity contribution >= 4 is 28.8 Å². The zero-order valence-electron chi connectivity index (χ0n) is 13.0. The molecular formula is C17H16N2O4S. The fraction of sp³-hybridized carbons (Fsp3) is 0.294. The van der Waals surface area contributed by atoms with E-state index in [-0.39, 0.29) is 31.1 Å². The number of thiophene rings is 1. The lowest BCUT2D eigenvalue weighted by Gasteiger charge is -2.23. The highest BCUT2D eigenvalue weighted by molar-refractivity contribution is 7.10.